The highest BCUT2D eigenvalue weighted by molar-refractivity contribution is 14.1. The van der Waals surface area contributed by atoms with E-state index in [0.717, 1.165) is 16.7 Å². The van der Waals surface area contributed by atoms with E-state index < -0.39 is 28.5 Å². The Morgan fingerprint density at radius 1 is 1.41 bits per heavy atom. The molecule has 1 aliphatic carbocycles. The molecule has 0 bridgehead atoms. The van der Waals surface area contributed by atoms with Gasteiger partial charge in [-0.15, -0.1) is 13.2 Å². The molecule has 2 aliphatic rings. The van der Waals surface area contributed by atoms with Gasteiger partial charge in [-0.05, 0) is 62.3 Å². The molecule has 0 fully saturated rings. The highest BCUT2D eigenvalue weighted by atomic mass is 127. The van der Waals surface area contributed by atoms with Crippen molar-refractivity contribution in [3.05, 3.63) is 46.6 Å². The van der Waals surface area contributed by atoms with Crippen LogP contribution in [0.5, 0.6) is 5.75 Å². The zero-order valence-corrected chi connectivity index (χ0v) is 20.3. The first-order chi connectivity index (χ1) is 14.7. The van der Waals surface area contributed by atoms with Gasteiger partial charge in [-0.25, -0.2) is 0 Å². The molecule has 174 valence electrons. The maximum Gasteiger partial charge on any atom is 0.523 e. The van der Waals surface area contributed by atoms with Gasteiger partial charge in [0.1, 0.15) is 15.9 Å². The molecule has 1 amide bonds. The summed E-state index contributed by atoms with van der Waals surface area (Å²) in [7, 11) is -0.991. The predicted molar refractivity (Wildman–Crippen MR) is 122 cm³/mol. The molecule has 0 radical (unpaired) electrons. The van der Waals surface area contributed by atoms with Crippen LogP contribution in [0.1, 0.15) is 37.0 Å². The van der Waals surface area contributed by atoms with Crippen molar-refractivity contribution in [1.82, 2.24) is 5.32 Å². The number of carbonyl (C=O) groups excluding carboxylic acids is 1. The highest BCUT2D eigenvalue weighted by Crippen LogP contribution is 2.32. The number of alkyl halides is 4. The molecule has 0 saturated heterocycles. The van der Waals surface area contributed by atoms with Crippen LogP contribution in [-0.4, -0.2) is 40.2 Å². The van der Waals surface area contributed by atoms with Gasteiger partial charge in [0, 0.05) is 5.57 Å². The topological polar surface area (TPSA) is 77.0 Å². The lowest BCUT2D eigenvalue weighted by atomic mass is 9.75. The van der Waals surface area contributed by atoms with E-state index >= 15 is 0 Å². The van der Waals surface area contributed by atoms with Crippen LogP contribution in [0.15, 0.2) is 29.9 Å². The molecule has 1 aliphatic heterocycles. The van der Waals surface area contributed by atoms with E-state index in [1.54, 1.807) is 6.92 Å². The first-order valence-electron chi connectivity index (χ1n) is 9.93. The van der Waals surface area contributed by atoms with Crippen LogP contribution in [-0.2, 0) is 20.8 Å². The van der Waals surface area contributed by atoms with Crippen molar-refractivity contribution in [2.24, 2.45) is 0 Å². The minimum atomic E-state index is -4.76. The number of hydrogen-bond acceptors (Lipinski definition) is 5. The van der Waals surface area contributed by atoms with E-state index in [9.17, 15) is 23.0 Å². The van der Waals surface area contributed by atoms with E-state index in [0.29, 0.717) is 17.8 Å². The molecule has 1 aromatic rings. The molecule has 2 unspecified atom stereocenters. The third-order valence-electron chi connectivity index (χ3n) is 5.38. The van der Waals surface area contributed by atoms with Crippen LogP contribution in [0.25, 0.3) is 0 Å². The van der Waals surface area contributed by atoms with Crippen molar-refractivity contribution >= 4 is 41.1 Å². The average molecular weight is 565 g/mol. The second kappa shape index (κ2) is 9.00. The number of aryl methyl sites for hydroxylation is 1. The second-order valence-corrected chi connectivity index (χ2v) is 10.8. The van der Waals surface area contributed by atoms with Crippen molar-refractivity contribution in [2.45, 2.75) is 56.2 Å². The molecule has 0 saturated carbocycles. The summed E-state index contributed by atoms with van der Waals surface area (Å²) in [6.45, 7) is 7.30. The molecule has 0 aromatic heterocycles. The number of fused-ring (bicyclic) bond motifs is 1. The van der Waals surface area contributed by atoms with E-state index in [-0.39, 0.29) is 18.6 Å². The number of benzene rings is 1. The van der Waals surface area contributed by atoms with Crippen molar-refractivity contribution < 1.29 is 37.1 Å². The lowest BCUT2D eigenvalue weighted by Crippen LogP contribution is -2.46. The van der Waals surface area contributed by atoms with Crippen LogP contribution in [0.3, 0.4) is 0 Å². The fourth-order valence-electron chi connectivity index (χ4n) is 3.67. The predicted octanol–water partition coefficient (Wildman–Crippen LogP) is 3.35. The standard InChI is InChI=1S/C21H24BF3INO5/c1-12-9-16(13(2)17-15(12)10-31-22(17)29)30-11-20(4,26)27-18(28)14-5-7-19(3,8-6-14)32-21(23,24)25/h5-7,9,29H,8,10-11H2,1-4H3,(H,27,28). The van der Waals surface area contributed by atoms with Gasteiger partial charge < -0.3 is 19.7 Å². The van der Waals surface area contributed by atoms with Gasteiger partial charge in [0.15, 0.2) is 0 Å². The molecular weight excluding hydrogens is 541 g/mol. The second-order valence-electron chi connectivity index (χ2n) is 8.37. The fraction of sp³-hybridized carbons (Fsp3) is 0.476. The minimum absolute atomic E-state index is 0.0851. The Morgan fingerprint density at radius 3 is 2.69 bits per heavy atom. The molecule has 2 atom stereocenters. The quantitative estimate of drug-likeness (QED) is 0.240. The van der Waals surface area contributed by atoms with Gasteiger partial charge in [0.2, 0.25) is 0 Å². The lowest BCUT2D eigenvalue weighted by Gasteiger charge is -2.30. The number of ether oxygens (including phenoxy) is 2. The van der Waals surface area contributed by atoms with E-state index in [1.807, 2.05) is 42.5 Å². The monoisotopic (exact) mass is 565 g/mol. The summed E-state index contributed by atoms with van der Waals surface area (Å²) >= 11 is 2.04. The van der Waals surface area contributed by atoms with Crippen LogP contribution >= 0.6 is 22.6 Å². The zero-order valence-electron chi connectivity index (χ0n) is 18.1. The molecule has 1 aromatic carbocycles. The first-order valence-corrected chi connectivity index (χ1v) is 11.0. The number of nitrogens with one attached hydrogen (secondary N) is 1. The summed E-state index contributed by atoms with van der Waals surface area (Å²) in [5, 5.41) is 12.9. The molecule has 6 nitrogen and oxygen atoms in total. The number of amides is 1. The lowest BCUT2D eigenvalue weighted by molar-refractivity contribution is -0.355. The largest absolute Gasteiger partial charge is 0.523 e. The Labute approximate surface area is 198 Å². The summed E-state index contributed by atoms with van der Waals surface area (Å²) in [6.07, 6.45) is -0.864. The van der Waals surface area contributed by atoms with Crippen molar-refractivity contribution in [2.75, 3.05) is 6.61 Å². The Kier molecular flexibility index (Phi) is 7.05. The normalized spacial score (nSPS) is 22.3. The van der Waals surface area contributed by atoms with Gasteiger partial charge in [-0.1, -0.05) is 40.8 Å². The van der Waals surface area contributed by atoms with E-state index in [2.05, 4.69) is 10.1 Å². The molecule has 3 rings (SSSR count). The van der Waals surface area contributed by atoms with E-state index in [1.165, 1.54) is 25.2 Å². The van der Waals surface area contributed by atoms with Crippen LogP contribution < -0.4 is 15.5 Å². The molecule has 1 heterocycles. The number of halogens is 4. The number of hydrogen-bond donors (Lipinski definition) is 2. The van der Waals surface area contributed by atoms with Gasteiger partial charge in [-0.3, -0.25) is 9.53 Å². The summed E-state index contributed by atoms with van der Waals surface area (Å²) in [6, 6.07) is 1.87. The molecule has 0 spiro atoms. The zero-order chi connectivity index (χ0) is 23.9. The minimum Gasteiger partial charge on any atom is -0.490 e. The summed E-state index contributed by atoms with van der Waals surface area (Å²) in [5.74, 6) is 0.154. The van der Waals surface area contributed by atoms with Gasteiger partial charge in [0.05, 0.1) is 12.2 Å². The fourth-order valence-corrected chi connectivity index (χ4v) is 4.07. The summed E-state index contributed by atoms with van der Waals surface area (Å²) in [4.78, 5) is 12.6. The Balaban J connectivity index is 1.63. The SMILES string of the molecule is Cc1cc(OCC(C)(I)NC(=O)C2=CCC(C)(OC(F)(F)F)C=C2)c(C)c2c1COB2O. The number of carbonyl (C=O) groups is 1. The van der Waals surface area contributed by atoms with E-state index in [4.69, 9.17) is 9.39 Å². The number of rotatable bonds is 6. The molecule has 32 heavy (non-hydrogen) atoms. The Bertz CT molecular complexity index is 979. The summed E-state index contributed by atoms with van der Waals surface area (Å²) < 4.78 is 52.2. The third kappa shape index (κ3) is 5.86. The van der Waals surface area contributed by atoms with Crippen molar-refractivity contribution in [1.29, 1.82) is 0 Å². The van der Waals surface area contributed by atoms with Crippen molar-refractivity contribution in [3.63, 3.8) is 0 Å². The van der Waals surface area contributed by atoms with Crippen molar-refractivity contribution in [3.8, 4) is 5.75 Å². The highest BCUT2D eigenvalue weighted by Gasteiger charge is 2.40. The maximum absolute atomic E-state index is 12.6. The van der Waals surface area contributed by atoms with Gasteiger partial charge in [-0.2, -0.15) is 0 Å². The van der Waals surface area contributed by atoms with Gasteiger partial charge in [0.25, 0.3) is 5.91 Å². The third-order valence-corrected chi connectivity index (χ3v) is 5.96. The average Bonchev–Trinajstić information content (AvgIpc) is 3.04. The molecule has 2 N–H and O–H groups in total. The van der Waals surface area contributed by atoms with Crippen LogP contribution in [0, 0.1) is 13.8 Å². The first kappa shape index (κ1) is 25.1. The molecular formula is C21H24BF3INO5. The Morgan fingerprint density at radius 2 is 2.09 bits per heavy atom. The smallest absolute Gasteiger partial charge is 0.490 e. The maximum atomic E-state index is 12.6. The molecule has 11 heteroatoms. The Hall–Kier alpha value is -1.57. The van der Waals surface area contributed by atoms with Crippen LogP contribution in [0.4, 0.5) is 13.2 Å². The van der Waals surface area contributed by atoms with Crippen LogP contribution in [0.2, 0.25) is 0 Å². The van der Waals surface area contributed by atoms with Gasteiger partial charge >= 0.3 is 13.5 Å². The summed E-state index contributed by atoms with van der Waals surface area (Å²) in [5.41, 5.74) is 2.08.